The number of hydrogen-bond donors (Lipinski definition) is 1. The van der Waals surface area contributed by atoms with Crippen molar-refractivity contribution in [1.29, 1.82) is 0 Å². The summed E-state index contributed by atoms with van der Waals surface area (Å²) in [6, 6.07) is 9.21. The second kappa shape index (κ2) is 8.79. The molecule has 0 fully saturated rings. The van der Waals surface area contributed by atoms with Gasteiger partial charge >= 0.3 is 11.9 Å². The molecule has 2 aromatic carbocycles. The second-order valence-corrected chi connectivity index (χ2v) is 5.45. The fourth-order valence-corrected chi connectivity index (χ4v) is 2.19. The number of anilines is 1. The topological polar surface area (TPSA) is 90.9 Å². The molecule has 1 amide bonds. The van der Waals surface area contributed by atoms with E-state index in [0.29, 0.717) is 5.75 Å². The maximum atomic E-state index is 12.9. The van der Waals surface area contributed by atoms with Crippen LogP contribution in [0.5, 0.6) is 5.75 Å². The summed E-state index contributed by atoms with van der Waals surface area (Å²) in [5.41, 5.74) is 0.282. The molecule has 0 saturated carbocycles. The van der Waals surface area contributed by atoms with E-state index in [1.165, 1.54) is 63.6 Å². The van der Waals surface area contributed by atoms with Crippen LogP contribution in [0.25, 0.3) is 0 Å². The summed E-state index contributed by atoms with van der Waals surface area (Å²) in [6.45, 7) is 1.49. The predicted molar refractivity (Wildman–Crippen MR) is 94.2 cm³/mol. The van der Waals surface area contributed by atoms with Gasteiger partial charge < -0.3 is 19.5 Å². The average molecular weight is 375 g/mol. The lowest BCUT2D eigenvalue weighted by atomic mass is 10.1. The van der Waals surface area contributed by atoms with Gasteiger partial charge in [-0.05, 0) is 49.4 Å². The minimum atomic E-state index is -0.956. The number of halogens is 1. The Kier molecular flexibility index (Phi) is 6.48. The Bertz CT molecular complexity index is 850. The molecule has 2 aromatic rings. The van der Waals surface area contributed by atoms with E-state index in [4.69, 9.17) is 4.74 Å². The Hall–Kier alpha value is -3.42. The van der Waals surface area contributed by atoms with Gasteiger partial charge in [0, 0.05) is 0 Å². The Balaban J connectivity index is 2.22. The van der Waals surface area contributed by atoms with E-state index in [1.54, 1.807) is 0 Å². The molecule has 0 heterocycles. The summed E-state index contributed by atoms with van der Waals surface area (Å²) in [5, 5.41) is 2.53. The van der Waals surface area contributed by atoms with Gasteiger partial charge in [0.2, 0.25) is 0 Å². The van der Waals surface area contributed by atoms with E-state index in [1.807, 2.05) is 0 Å². The molecule has 0 bridgehead atoms. The Morgan fingerprint density at radius 2 is 1.59 bits per heavy atom. The van der Waals surface area contributed by atoms with E-state index >= 15 is 0 Å². The third kappa shape index (κ3) is 5.04. The zero-order valence-corrected chi connectivity index (χ0v) is 14.9. The maximum absolute atomic E-state index is 12.9. The van der Waals surface area contributed by atoms with Crippen LogP contribution < -0.4 is 10.1 Å². The number of carbonyl (C=O) groups excluding carboxylic acids is 3. The highest BCUT2D eigenvalue weighted by Crippen LogP contribution is 2.21. The van der Waals surface area contributed by atoms with Crippen LogP contribution in [-0.4, -0.2) is 38.2 Å². The van der Waals surface area contributed by atoms with E-state index in [9.17, 15) is 18.8 Å². The molecule has 0 saturated heterocycles. The second-order valence-electron chi connectivity index (χ2n) is 5.45. The third-order valence-electron chi connectivity index (χ3n) is 3.60. The number of rotatable bonds is 6. The van der Waals surface area contributed by atoms with Crippen LogP contribution in [0.2, 0.25) is 0 Å². The summed E-state index contributed by atoms with van der Waals surface area (Å²) < 4.78 is 27.7. The van der Waals surface area contributed by atoms with Gasteiger partial charge in [0.1, 0.15) is 11.6 Å². The van der Waals surface area contributed by atoms with Crippen molar-refractivity contribution >= 4 is 23.5 Å². The lowest BCUT2D eigenvalue weighted by Gasteiger charge is -2.16. The number of ether oxygens (including phenoxy) is 3. The number of esters is 2. The summed E-state index contributed by atoms with van der Waals surface area (Å²) in [4.78, 5) is 36.0. The molecule has 0 unspecified atom stereocenters. The van der Waals surface area contributed by atoms with Crippen molar-refractivity contribution in [2.75, 3.05) is 19.5 Å². The van der Waals surface area contributed by atoms with Gasteiger partial charge in [0.15, 0.2) is 6.10 Å². The normalized spacial score (nSPS) is 11.3. The SMILES string of the molecule is COC(=O)c1ccc(C(=O)OC)c(NC(=O)[C@H](C)Oc2ccc(F)cc2)c1. The first kappa shape index (κ1) is 19.9. The average Bonchev–Trinajstić information content (AvgIpc) is 2.68. The molecule has 142 valence electrons. The Labute approximate surface area is 155 Å². The molecular formula is C19H18FNO6. The highest BCUT2D eigenvalue weighted by atomic mass is 19.1. The molecule has 2 rings (SSSR count). The number of nitrogens with one attached hydrogen (secondary N) is 1. The van der Waals surface area contributed by atoms with Gasteiger partial charge in [0.05, 0.1) is 31.0 Å². The van der Waals surface area contributed by atoms with Crippen LogP contribution in [0.1, 0.15) is 27.6 Å². The lowest BCUT2D eigenvalue weighted by Crippen LogP contribution is -2.31. The fraction of sp³-hybridized carbons (Fsp3) is 0.211. The summed E-state index contributed by atoms with van der Waals surface area (Å²) in [6.07, 6.45) is -0.956. The number of hydrogen-bond acceptors (Lipinski definition) is 6. The van der Waals surface area contributed by atoms with Crippen molar-refractivity contribution in [3.05, 3.63) is 59.4 Å². The molecular weight excluding hydrogens is 357 g/mol. The van der Waals surface area contributed by atoms with Gasteiger partial charge in [-0.3, -0.25) is 4.79 Å². The van der Waals surface area contributed by atoms with Crippen molar-refractivity contribution in [1.82, 2.24) is 0 Å². The number of benzene rings is 2. The van der Waals surface area contributed by atoms with Crippen molar-refractivity contribution < 1.29 is 33.0 Å². The van der Waals surface area contributed by atoms with E-state index in [-0.39, 0.29) is 16.8 Å². The molecule has 0 aliphatic rings. The molecule has 1 atom stereocenters. The van der Waals surface area contributed by atoms with Crippen molar-refractivity contribution in [3.63, 3.8) is 0 Å². The smallest absolute Gasteiger partial charge is 0.339 e. The number of amides is 1. The molecule has 0 aliphatic heterocycles. The first-order valence-electron chi connectivity index (χ1n) is 7.89. The Morgan fingerprint density at radius 3 is 2.19 bits per heavy atom. The highest BCUT2D eigenvalue weighted by molar-refractivity contribution is 6.04. The molecule has 8 heteroatoms. The first-order valence-corrected chi connectivity index (χ1v) is 7.89. The zero-order valence-electron chi connectivity index (χ0n) is 14.9. The van der Waals surface area contributed by atoms with E-state index < -0.39 is 29.8 Å². The molecule has 0 spiro atoms. The largest absolute Gasteiger partial charge is 0.481 e. The van der Waals surface area contributed by atoms with E-state index in [0.717, 1.165) is 0 Å². The minimum Gasteiger partial charge on any atom is -0.481 e. The van der Waals surface area contributed by atoms with Gasteiger partial charge in [-0.15, -0.1) is 0 Å². The molecule has 0 radical (unpaired) electrons. The quantitative estimate of drug-likeness (QED) is 0.781. The van der Waals surface area contributed by atoms with Crippen LogP contribution in [-0.2, 0) is 14.3 Å². The highest BCUT2D eigenvalue weighted by Gasteiger charge is 2.21. The van der Waals surface area contributed by atoms with Crippen LogP contribution in [0.3, 0.4) is 0 Å². The molecule has 27 heavy (non-hydrogen) atoms. The number of methoxy groups -OCH3 is 2. The van der Waals surface area contributed by atoms with Crippen molar-refractivity contribution in [3.8, 4) is 5.75 Å². The standard InChI is InChI=1S/C19H18FNO6/c1-11(27-14-7-5-13(20)6-8-14)17(22)21-16-10-12(18(23)25-2)4-9-15(16)19(24)26-3/h4-11H,1-3H3,(H,21,22)/t11-/m0/s1. The third-order valence-corrected chi connectivity index (χ3v) is 3.60. The van der Waals surface area contributed by atoms with Crippen LogP contribution in [0.4, 0.5) is 10.1 Å². The molecule has 1 N–H and O–H groups in total. The van der Waals surface area contributed by atoms with Gasteiger partial charge in [0.25, 0.3) is 5.91 Å². The molecule has 0 aromatic heterocycles. The summed E-state index contributed by atoms with van der Waals surface area (Å²) >= 11 is 0. The number of carbonyl (C=O) groups is 3. The first-order chi connectivity index (χ1) is 12.8. The van der Waals surface area contributed by atoms with Crippen LogP contribution in [0, 0.1) is 5.82 Å². The zero-order chi connectivity index (χ0) is 20.0. The molecule has 0 aliphatic carbocycles. The minimum absolute atomic E-state index is 0.0625. The van der Waals surface area contributed by atoms with Crippen molar-refractivity contribution in [2.24, 2.45) is 0 Å². The van der Waals surface area contributed by atoms with Gasteiger partial charge in [-0.1, -0.05) is 0 Å². The monoisotopic (exact) mass is 375 g/mol. The fourth-order valence-electron chi connectivity index (χ4n) is 2.19. The van der Waals surface area contributed by atoms with Crippen LogP contribution in [0.15, 0.2) is 42.5 Å². The van der Waals surface area contributed by atoms with Gasteiger partial charge in [-0.25, -0.2) is 14.0 Å². The lowest BCUT2D eigenvalue weighted by molar-refractivity contribution is -0.122. The Morgan fingerprint density at radius 1 is 0.963 bits per heavy atom. The summed E-state index contributed by atoms with van der Waals surface area (Å²) in [7, 11) is 2.41. The van der Waals surface area contributed by atoms with Crippen molar-refractivity contribution in [2.45, 2.75) is 13.0 Å². The van der Waals surface area contributed by atoms with E-state index in [2.05, 4.69) is 14.8 Å². The molecule has 7 nitrogen and oxygen atoms in total. The van der Waals surface area contributed by atoms with Gasteiger partial charge in [-0.2, -0.15) is 0 Å². The predicted octanol–water partition coefficient (Wildman–Crippen LogP) is 2.80. The van der Waals surface area contributed by atoms with Crippen LogP contribution >= 0.6 is 0 Å². The maximum Gasteiger partial charge on any atom is 0.339 e. The summed E-state index contributed by atoms with van der Waals surface area (Å²) in [5.74, 6) is -2.02.